The molecule has 0 nitrogen and oxygen atoms in total. The smallest absolute Gasteiger partial charge is 0.0352 e. The molecule has 0 amide bonds. The molecule has 114 valence electrons. The zero-order valence-corrected chi connectivity index (χ0v) is 13.7. The second kappa shape index (κ2) is 4.82. The minimum Gasteiger partial charge on any atom is -0.0942 e. The molecule has 0 aromatic heterocycles. The fraction of sp³-hybridized carbons (Fsp3) is 0.0833. The molecule has 0 saturated carbocycles. The highest BCUT2D eigenvalue weighted by Crippen LogP contribution is 2.49. The lowest BCUT2D eigenvalue weighted by molar-refractivity contribution is 1.04. The van der Waals surface area contributed by atoms with E-state index in [4.69, 9.17) is 0 Å². The van der Waals surface area contributed by atoms with Crippen molar-refractivity contribution < 1.29 is 0 Å². The number of allylic oxidation sites excluding steroid dienone is 3. The molecule has 0 bridgehead atoms. The molecule has 0 aliphatic heterocycles. The molecule has 1 atom stereocenters. The molecule has 5 rings (SSSR count). The maximum Gasteiger partial charge on any atom is 0.0352 e. The van der Waals surface area contributed by atoms with Crippen LogP contribution in [0.25, 0.3) is 28.5 Å². The second-order valence-corrected chi connectivity index (χ2v) is 6.76. The number of fused-ring (bicyclic) bond motifs is 6. The second-order valence-electron chi connectivity index (χ2n) is 6.76. The largest absolute Gasteiger partial charge is 0.0942 e. The Bertz CT molecular complexity index is 1080. The summed E-state index contributed by atoms with van der Waals surface area (Å²) in [6.07, 6.45) is 6.84. The third-order valence-electron chi connectivity index (χ3n) is 5.38. The van der Waals surface area contributed by atoms with Gasteiger partial charge in [0.15, 0.2) is 0 Å². The van der Waals surface area contributed by atoms with Crippen molar-refractivity contribution in [2.45, 2.75) is 12.8 Å². The summed E-state index contributed by atoms with van der Waals surface area (Å²) in [5.41, 5.74) is 9.19. The Labute approximate surface area is 142 Å². The summed E-state index contributed by atoms with van der Waals surface area (Å²) in [7, 11) is 0. The SMILES string of the molecule is C=C1c2ccccc2C=C2C=Cc3ccc4cccc(C)c4c3C12. The molecule has 0 heterocycles. The topological polar surface area (TPSA) is 0 Å². The average Bonchev–Trinajstić information content (AvgIpc) is 2.61. The van der Waals surface area contributed by atoms with E-state index in [1.54, 1.807) is 0 Å². The summed E-state index contributed by atoms with van der Waals surface area (Å²) in [6.45, 7) is 6.71. The maximum absolute atomic E-state index is 4.50. The molecule has 0 heteroatoms. The first-order chi connectivity index (χ1) is 11.7. The summed E-state index contributed by atoms with van der Waals surface area (Å²) in [4.78, 5) is 0. The monoisotopic (exact) mass is 306 g/mol. The van der Waals surface area contributed by atoms with E-state index in [1.165, 1.54) is 49.7 Å². The summed E-state index contributed by atoms with van der Waals surface area (Å²) in [6, 6.07) is 19.6. The Kier molecular flexibility index (Phi) is 2.72. The Balaban J connectivity index is 1.87. The molecule has 0 spiro atoms. The molecular weight excluding hydrogens is 288 g/mol. The fourth-order valence-corrected chi connectivity index (χ4v) is 4.27. The minimum absolute atomic E-state index is 0.254. The van der Waals surface area contributed by atoms with E-state index in [2.05, 4.69) is 86.3 Å². The van der Waals surface area contributed by atoms with E-state index in [0.29, 0.717) is 0 Å². The first-order valence-electron chi connectivity index (χ1n) is 8.44. The number of hydrogen-bond acceptors (Lipinski definition) is 0. The molecule has 0 fully saturated rings. The molecule has 0 N–H and O–H groups in total. The number of benzene rings is 3. The lowest BCUT2D eigenvalue weighted by Gasteiger charge is -2.32. The maximum atomic E-state index is 4.50. The summed E-state index contributed by atoms with van der Waals surface area (Å²) < 4.78 is 0. The lowest BCUT2D eigenvalue weighted by Crippen LogP contribution is -2.13. The van der Waals surface area contributed by atoms with Gasteiger partial charge in [-0.15, -0.1) is 0 Å². The molecule has 3 aromatic carbocycles. The zero-order valence-electron chi connectivity index (χ0n) is 13.7. The van der Waals surface area contributed by atoms with Crippen molar-refractivity contribution in [3.63, 3.8) is 0 Å². The molecule has 3 aromatic rings. The quantitative estimate of drug-likeness (QED) is 0.453. The predicted molar refractivity (Wildman–Crippen MR) is 104 cm³/mol. The fourth-order valence-electron chi connectivity index (χ4n) is 4.27. The molecule has 1 unspecified atom stereocenters. The van der Waals surface area contributed by atoms with E-state index in [0.717, 1.165) is 0 Å². The highest BCUT2D eigenvalue weighted by atomic mass is 14.3. The van der Waals surface area contributed by atoms with E-state index in [1.807, 2.05) is 0 Å². The van der Waals surface area contributed by atoms with Crippen molar-refractivity contribution in [3.8, 4) is 0 Å². The van der Waals surface area contributed by atoms with Gasteiger partial charge in [0.05, 0.1) is 0 Å². The van der Waals surface area contributed by atoms with Crippen LogP contribution in [-0.2, 0) is 0 Å². The van der Waals surface area contributed by atoms with E-state index in [9.17, 15) is 0 Å². The average molecular weight is 306 g/mol. The summed E-state index contributed by atoms with van der Waals surface area (Å²) in [5, 5.41) is 2.70. The van der Waals surface area contributed by atoms with Gasteiger partial charge in [0, 0.05) is 5.92 Å². The first-order valence-corrected chi connectivity index (χ1v) is 8.44. The van der Waals surface area contributed by atoms with Crippen molar-refractivity contribution in [2.24, 2.45) is 0 Å². The third-order valence-corrected chi connectivity index (χ3v) is 5.38. The van der Waals surface area contributed by atoms with Crippen molar-refractivity contribution in [3.05, 3.63) is 101 Å². The van der Waals surface area contributed by atoms with Crippen LogP contribution >= 0.6 is 0 Å². The van der Waals surface area contributed by atoms with Crippen LogP contribution in [0.4, 0.5) is 0 Å². The highest BCUT2D eigenvalue weighted by molar-refractivity contribution is 5.99. The standard InChI is InChI=1S/C24H18/c1-15-6-5-8-17-10-11-18-12-13-20-14-19-7-3-4-9-21(19)16(2)23(20)24(18)22(15)17/h3-14,23H,2H2,1H3. The van der Waals surface area contributed by atoms with E-state index < -0.39 is 0 Å². The van der Waals surface area contributed by atoms with Crippen LogP contribution in [-0.4, -0.2) is 0 Å². The van der Waals surface area contributed by atoms with Crippen molar-refractivity contribution in [1.29, 1.82) is 0 Å². The van der Waals surface area contributed by atoms with Crippen molar-refractivity contribution >= 4 is 28.5 Å². The van der Waals surface area contributed by atoms with Gasteiger partial charge in [-0.3, -0.25) is 0 Å². The Morgan fingerprint density at radius 2 is 1.71 bits per heavy atom. The van der Waals surface area contributed by atoms with Gasteiger partial charge in [0.1, 0.15) is 0 Å². The predicted octanol–water partition coefficient (Wildman–Crippen LogP) is 6.37. The summed E-state index contributed by atoms with van der Waals surface area (Å²) in [5.74, 6) is 0.254. The highest BCUT2D eigenvalue weighted by Gasteiger charge is 2.30. The van der Waals surface area contributed by atoms with Gasteiger partial charge >= 0.3 is 0 Å². The van der Waals surface area contributed by atoms with Crippen molar-refractivity contribution in [2.75, 3.05) is 0 Å². The van der Waals surface area contributed by atoms with Crippen LogP contribution in [0.1, 0.15) is 33.7 Å². The number of rotatable bonds is 0. The van der Waals surface area contributed by atoms with Gasteiger partial charge in [-0.25, -0.2) is 0 Å². The Hall–Kier alpha value is -2.86. The Morgan fingerprint density at radius 1 is 0.833 bits per heavy atom. The van der Waals surface area contributed by atoms with Gasteiger partial charge in [-0.05, 0) is 56.7 Å². The molecule has 0 saturated heterocycles. The number of hydrogen-bond donors (Lipinski definition) is 0. The van der Waals surface area contributed by atoms with E-state index >= 15 is 0 Å². The van der Waals surface area contributed by atoms with Gasteiger partial charge in [-0.2, -0.15) is 0 Å². The van der Waals surface area contributed by atoms with Crippen LogP contribution in [0.5, 0.6) is 0 Å². The van der Waals surface area contributed by atoms with Crippen LogP contribution in [0.2, 0.25) is 0 Å². The summed E-state index contributed by atoms with van der Waals surface area (Å²) >= 11 is 0. The van der Waals surface area contributed by atoms with Gasteiger partial charge in [-0.1, -0.05) is 79.4 Å². The lowest BCUT2D eigenvalue weighted by atomic mass is 9.71. The normalized spacial score (nSPS) is 18.0. The van der Waals surface area contributed by atoms with Crippen LogP contribution in [0.15, 0.2) is 72.8 Å². The number of aryl methyl sites for hydroxylation is 1. The molecule has 2 aliphatic rings. The van der Waals surface area contributed by atoms with Crippen LogP contribution < -0.4 is 0 Å². The zero-order chi connectivity index (χ0) is 16.3. The molecule has 0 radical (unpaired) electrons. The third kappa shape index (κ3) is 1.74. The molecule has 24 heavy (non-hydrogen) atoms. The van der Waals surface area contributed by atoms with Gasteiger partial charge in [0.25, 0.3) is 0 Å². The van der Waals surface area contributed by atoms with Crippen LogP contribution in [0, 0.1) is 6.92 Å². The van der Waals surface area contributed by atoms with Gasteiger partial charge in [0.2, 0.25) is 0 Å². The minimum atomic E-state index is 0.254. The van der Waals surface area contributed by atoms with Gasteiger partial charge < -0.3 is 0 Å². The first kappa shape index (κ1) is 13.6. The molecule has 2 aliphatic carbocycles. The van der Waals surface area contributed by atoms with E-state index in [-0.39, 0.29) is 5.92 Å². The Morgan fingerprint density at radius 3 is 2.62 bits per heavy atom. The molecular formula is C24H18. The van der Waals surface area contributed by atoms with Crippen LogP contribution in [0.3, 0.4) is 0 Å². The van der Waals surface area contributed by atoms with Crippen molar-refractivity contribution in [1.82, 2.24) is 0 Å².